The van der Waals surface area contributed by atoms with Crippen LogP contribution in [0.15, 0.2) is 103 Å². The Hall–Kier alpha value is -2.82. The maximum absolute atomic E-state index is 7.23. The van der Waals surface area contributed by atoms with Crippen LogP contribution in [0.5, 0.6) is 0 Å². The van der Waals surface area contributed by atoms with Crippen molar-refractivity contribution >= 4 is 139 Å². The number of rotatable bonds is 4. The van der Waals surface area contributed by atoms with E-state index in [0.29, 0.717) is 107 Å². The molecule has 57 heavy (non-hydrogen) atoms. The van der Waals surface area contributed by atoms with Crippen LogP contribution >= 0.6 is 92.8 Å². The van der Waals surface area contributed by atoms with Crippen LogP contribution in [0.25, 0.3) is 85.4 Å². The van der Waals surface area contributed by atoms with Crippen molar-refractivity contribution in [2.24, 2.45) is 0 Å². The molecule has 0 saturated carbocycles. The van der Waals surface area contributed by atoms with Crippen LogP contribution in [0.1, 0.15) is 22.8 Å². The number of aromatic amines is 1. The van der Waals surface area contributed by atoms with Crippen LogP contribution in [0.3, 0.4) is 0 Å². The van der Waals surface area contributed by atoms with Gasteiger partial charge in [0.25, 0.3) is 0 Å². The minimum absolute atomic E-state index is 0. The largest absolute Gasteiger partial charge is 0.355 e. The molecule has 1 N–H and O–H groups in total. The molecule has 7 aromatic rings. The molecule has 4 nitrogen and oxygen atoms in total. The van der Waals surface area contributed by atoms with Crippen LogP contribution in [0, 0.1) is 41.7 Å². The Morgan fingerprint density at radius 2 is 0.877 bits per heavy atom. The van der Waals surface area contributed by atoms with Gasteiger partial charge in [-0.3, -0.25) is 0 Å². The smallest absolute Gasteiger partial charge is 0.0737 e. The van der Waals surface area contributed by atoms with Gasteiger partial charge in [-0.1, -0.05) is 111 Å². The molecule has 0 amide bonds. The SMILES string of the molecule is Clc1ccc(-c2c(-c3ccc(Cl)cc3Cl)c3c(-c4ccc(Cl)cc4Cl)c4nc(cc5ccc(cc6nc(cc2n3-c2ccc(Cl)cc2Cl)C=C6)[nH]5)C=C4)c(Cl)c1.[Ce]. The van der Waals surface area contributed by atoms with E-state index in [0.717, 1.165) is 16.7 Å². The molecule has 0 aliphatic carbocycles. The first kappa shape index (κ1) is 40.9. The molecule has 0 saturated heterocycles. The van der Waals surface area contributed by atoms with Crippen molar-refractivity contribution in [1.82, 2.24) is 19.5 Å². The number of hydrogen-bond acceptors (Lipinski definition) is 2. The molecule has 278 valence electrons. The maximum atomic E-state index is 7.23. The third-order valence-electron chi connectivity index (χ3n) is 9.42. The molecule has 0 atom stereocenters. The molecule has 13 heteroatoms. The van der Waals surface area contributed by atoms with Crippen LogP contribution in [-0.2, 0) is 0 Å². The minimum atomic E-state index is 0. The number of fused-ring (bicyclic) bond motifs is 8. The summed E-state index contributed by atoms with van der Waals surface area (Å²) in [5.74, 6) is 0. The molecule has 3 aromatic heterocycles. The Balaban J connectivity index is 0.00000455. The molecule has 9 rings (SSSR count). The van der Waals surface area contributed by atoms with E-state index in [1.807, 2.05) is 78.9 Å². The van der Waals surface area contributed by atoms with E-state index in [1.165, 1.54) is 0 Å². The van der Waals surface area contributed by atoms with Crippen molar-refractivity contribution in [1.29, 1.82) is 0 Å². The standard InChI is InChI=1S/C44H22Cl8N4.Ce/c45-22-1-10-31(34(49)15-22)41-38-13-9-29(55-38)20-28-6-5-26(53-28)19-27-7-8-30(54-27)21-40-42(32-11-2-23(46)16-35(32)50)43(33-12-3-24(47)17-36(33)51)44(41)56(40)39-14-4-25(48)18-37(39)52;/h1-21,53H;. The fourth-order valence-corrected chi connectivity index (χ4v) is 9.09. The van der Waals surface area contributed by atoms with Crippen molar-refractivity contribution in [2.75, 3.05) is 0 Å². The second-order valence-corrected chi connectivity index (χ2v) is 16.4. The molecular formula is C44H22CeCl8N4. The first-order valence-corrected chi connectivity index (χ1v) is 20.0. The van der Waals surface area contributed by atoms with Crippen molar-refractivity contribution in [3.63, 3.8) is 0 Å². The summed E-state index contributed by atoms with van der Waals surface area (Å²) in [6.07, 6.45) is 7.82. The molecule has 0 unspecified atom stereocenters. The van der Waals surface area contributed by atoms with E-state index in [1.54, 1.807) is 48.5 Å². The van der Waals surface area contributed by atoms with Crippen molar-refractivity contribution in [2.45, 2.75) is 0 Å². The van der Waals surface area contributed by atoms with Gasteiger partial charge in [-0.15, -0.1) is 0 Å². The van der Waals surface area contributed by atoms with Crippen molar-refractivity contribution in [3.8, 4) is 39.1 Å². The van der Waals surface area contributed by atoms with Gasteiger partial charge in [-0.05, 0) is 109 Å². The fraction of sp³-hybridized carbons (Fsp3) is 0. The summed E-state index contributed by atoms with van der Waals surface area (Å²) in [6.45, 7) is 0. The zero-order valence-corrected chi connectivity index (χ0v) is 38.2. The average Bonchev–Trinajstić information content (AvgIpc) is 3.95. The molecule has 0 fully saturated rings. The quantitative estimate of drug-likeness (QED) is 0.191. The number of nitrogens with zero attached hydrogens (tertiary/aromatic N) is 3. The third-order valence-corrected chi connectivity index (χ3v) is 11.6. The van der Waals surface area contributed by atoms with Crippen LogP contribution in [0.2, 0.25) is 40.2 Å². The van der Waals surface area contributed by atoms with Crippen LogP contribution < -0.4 is 0 Å². The van der Waals surface area contributed by atoms with Crippen LogP contribution in [-0.4, -0.2) is 19.5 Å². The van der Waals surface area contributed by atoms with E-state index in [-0.39, 0.29) is 41.7 Å². The molecule has 2 aliphatic rings. The molecule has 0 spiro atoms. The molecule has 5 heterocycles. The first-order chi connectivity index (χ1) is 27.0. The van der Waals surface area contributed by atoms with Gasteiger partial charge < -0.3 is 9.55 Å². The summed E-state index contributed by atoms with van der Waals surface area (Å²) in [7, 11) is 0. The van der Waals surface area contributed by atoms with E-state index < -0.39 is 0 Å². The Labute approximate surface area is 401 Å². The Bertz CT molecular complexity index is 3040. The van der Waals surface area contributed by atoms with Gasteiger partial charge in [-0.2, -0.15) is 0 Å². The summed E-state index contributed by atoms with van der Waals surface area (Å²) in [5.41, 5.74) is 10.3. The monoisotopic (exact) mass is 1030 g/mol. The number of benzene rings is 4. The van der Waals surface area contributed by atoms with Gasteiger partial charge in [0, 0.05) is 116 Å². The van der Waals surface area contributed by atoms with E-state index in [2.05, 4.69) is 9.55 Å². The molecule has 4 aromatic carbocycles. The van der Waals surface area contributed by atoms with Crippen molar-refractivity contribution < 1.29 is 41.7 Å². The zero-order chi connectivity index (χ0) is 38.8. The summed E-state index contributed by atoms with van der Waals surface area (Å²) in [6, 6.07) is 31.4. The Morgan fingerprint density at radius 1 is 0.421 bits per heavy atom. The number of nitrogens with one attached hydrogen (secondary N) is 1. The zero-order valence-electron chi connectivity index (χ0n) is 29.0. The predicted molar refractivity (Wildman–Crippen MR) is 240 cm³/mol. The number of hydrogen-bond donors (Lipinski definition) is 1. The van der Waals surface area contributed by atoms with Gasteiger partial charge in [0.1, 0.15) is 0 Å². The summed E-state index contributed by atoms with van der Waals surface area (Å²) in [5, 5.41) is 3.41. The maximum Gasteiger partial charge on any atom is 0.0737 e. The van der Waals surface area contributed by atoms with Gasteiger partial charge in [0.05, 0.1) is 49.5 Å². The van der Waals surface area contributed by atoms with E-state index in [4.69, 9.17) is 103 Å². The van der Waals surface area contributed by atoms with Gasteiger partial charge >= 0.3 is 0 Å². The average molecular weight is 1030 g/mol. The molecular weight excluding hydrogens is 1010 g/mol. The van der Waals surface area contributed by atoms with Gasteiger partial charge in [-0.25, -0.2) is 9.97 Å². The number of halogens is 8. The Kier molecular flexibility index (Phi) is 12.0. The fourth-order valence-electron chi connectivity index (χ4n) is 7.08. The summed E-state index contributed by atoms with van der Waals surface area (Å²) < 4.78 is 2.05. The van der Waals surface area contributed by atoms with Gasteiger partial charge in [0.15, 0.2) is 0 Å². The third kappa shape index (κ3) is 7.97. The summed E-state index contributed by atoms with van der Waals surface area (Å²) in [4.78, 5) is 13.7. The first-order valence-electron chi connectivity index (χ1n) is 17.0. The van der Waals surface area contributed by atoms with E-state index in [9.17, 15) is 0 Å². The minimum Gasteiger partial charge on any atom is -0.355 e. The normalized spacial score (nSPS) is 11.9. The van der Waals surface area contributed by atoms with Crippen LogP contribution in [0.4, 0.5) is 0 Å². The Morgan fingerprint density at radius 3 is 1.42 bits per heavy atom. The van der Waals surface area contributed by atoms with Gasteiger partial charge in [0.2, 0.25) is 0 Å². The topological polar surface area (TPSA) is 46.5 Å². The summed E-state index contributed by atoms with van der Waals surface area (Å²) >= 11 is 55.0. The molecule has 2 aliphatic heterocycles. The predicted octanol–water partition coefficient (Wildman–Crippen LogP) is 16.3. The molecule has 0 radical (unpaired) electrons. The molecule has 8 bridgehead atoms. The van der Waals surface area contributed by atoms with E-state index >= 15 is 0 Å². The number of H-pyrrole nitrogens is 1. The second-order valence-electron chi connectivity index (χ2n) is 13.0. The van der Waals surface area contributed by atoms with Crippen molar-refractivity contribution in [3.05, 3.63) is 166 Å². The number of aromatic nitrogens is 4. The second kappa shape index (κ2) is 16.7.